The molecule has 1 aliphatic carbocycles. The Morgan fingerprint density at radius 1 is 1.04 bits per heavy atom. The fourth-order valence-corrected chi connectivity index (χ4v) is 6.26. The minimum absolute atomic E-state index is 0.130. The lowest BCUT2D eigenvalue weighted by atomic mass is 10.1. The minimum Gasteiger partial charge on any atom is -0.288 e. The first-order chi connectivity index (χ1) is 11.7. The Morgan fingerprint density at radius 3 is 2.58 bits per heavy atom. The highest BCUT2D eigenvalue weighted by Gasteiger charge is 2.32. The van der Waals surface area contributed by atoms with Gasteiger partial charge in [0.15, 0.2) is 5.78 Å². The van der Waals surface area contributed by atoms with E-state index >= 15 is 0 Å². The van der Waals surface area contributed by atoms with Crippen molar-refractivity contribution in [1.82, 2.24) is 4.98 Å². The maximum atomic E-state index is 13.0. The van der Waals surface area contributed by atoms with Gasteiger partial charge < -0.3 is 0 Å². The van der Waals surface area contributed by atoms with Crippen molar-refractivity contribution in [2.45, 2.75) is 26.7 Å². The second kappa shape index (κ2) is 4.98. The van der Waals surface area contributed by atoms with Crippen LogP contribution >= 0.6 is 22.7 Å². The van der Waals surface area contributed by atoms with E-state index in [4.69, 9.17) is 4.98 Å². The Morgan fingerprint density at radius 2 is 1.83 bits per heavy atom. The van der Waals surface area contributed by atoms with Crippen LogP contribution in [0, 0.1) is 0 Å². The van der Waals surface area contributed by atoms with Gasteiger partial charge in [-0.1, -0.05) is 38.1 Å². The summed E-state index contributed by atoms with van der Waals surface area (Å²) >= 11 is 3.62. The first-order valence-electron chi connectivity index (χ1n) is 8.24. The normalized spacial score (nSPS) is 13.0. The molecule has 0 spiro atoms. The van der Waals surface area contributed by atoms with Crippen molar-refractivity contribution >= 4 is 47.9 Å². The van der Waals surface area contributed by atoms with Crippen LogP contribution in [0.4, 0.5) is 0 Å². The van der Waals surface area contributed by atoms with Crippen LogP contribution in [-0.2, 0) is 12.8 Å². The zero-order chi connectivity index (χ0) is 16.4. The van der Waals surface area contributed by atoms with Gasteiger partial charge in [-0.05, 0) is 18.9 Å². The molecule has 0 fully saturated rings. The van der Waals surface area contributed by atoms with Crippen molar-refractivity contribution < 1.29 is 4.79 Å². The molecule has 0 amide bonds. The molecule has 1 aliphatic rings. The molecule has 0 bridgehead atoms. The maximum Gasteiger partial charge on any atom is 0.197 e. The van der Waals surface area contributed by atoms with E-state index in [-0.39, 0.29) is 5.78 Å². The summed E-state index contributed by atoms with van der Waals surface area (Å²) in [6.07, 6.45) is 1.93. The molecule has 0 aliphatic heterocycles. The topological polar surface area (TPSA) is 30.0 Å². The van der Waals surface area contributed by atoms with Gasteiger partial charge in [-0.3, -0.25) is 9.78 Å². The van der Waals surface area contributed by atoms with E-state index in [9.17, 15) is 4.79 Å². The highest BCUT2D eigenvalue weighted by molar-refractivity contribution is 7.41. The molecule has 1 aromatic carbocycles. The standard InChI is InChI=1S/C20H15NOS2/c1-3-10-9-13-15-14(4-2)21-17-11-7-5-6-8-12(11)18(22)16(17)19(15)24-20(13)23-10/h5-9H,3-4H2,1-2H3. The Labute approximate surface area is 147 Å². The number of aryl methyl sites for hydroxylation is 2. The van der Waals surface area contributed by atoms with E-state index in [1.165, 1.54) is 19.7 Å². The van der Waals surface area contributed by atoms with Gasteiger partial charge in [0.2, 0.25) is 0 Å². The largest absolute Gasteiger partial charge is 0.288 e. The zero-order valence-electron chi connectivity index (χ0n) is 13.5. The fourth-order valence-electron chi connectivity index (χ4n) is 3.61. The quantitative estimate of drug-likeness (QED) is 0.400. The van der Waals surface area contributed by atoms with Crippen molar-refractivity contribution in [3.63, 3.8) is 0 Å². The Hall–Kier alpha value is -2.04. The molecular weight excluding hydrogens is 334 g/mol. The summed E-state index contributed by atoms with van der Waals surface area (Å²) in [6.45, 7) is 4.34. The molecule has 24 heavy (non-hydrogen) atoms. The van der Waals surface area contributed by atoms with Crippen LogP contribution in [0.5, 0.6) is 0 Å². The SMILES string of the molecule is CCc1cc2c(s1)sc1c3c(nc(CC)c12)-c1ccccc1C3=O. The second-order valence-electron chi connectivity index (χ2n) is 6.08. The molecule has 2 nitrogen and oxygen atoms in total. The minimum atomic E-state index is 0.130. The molecule has 0 radical (unpaired) electrons. The number of carbonyl (C=O) groups is 1. The molecule has 0 saturated carbocycles. The van der Waals surface area contributed by atoms with Crippen LogP contribution in [0.1, 0.15) is 40.3 Å². The molecule has 118 valence electrons. The fraction of sp³-hybridized carbons (Fsp3) is 0.200. The molecule has 4 aromatic rings. The predicted octanol–water partition coefficient (Wildman–Crippen LogP) is 5.85. The first-order valence-corrected chi connectivity index (χ1v) is 9.88. The van der Waals surface area contributed by atoms with E-state index in [1.807, 2.05) is 35.6 Å². The van der Waals surface area contributed by atoms with Crippen LogP contribution in [0.25, 0.3) is 30.7 Å². The average Bonchev–Trinajstić information content (AvgIpc) is 3.24. The number of hydrogen-bond acceptors (Lipinski definition) is 4. The highest BCUT2D eigenvalue weighted by atomic mass is 32.2. The van der Waals surface area contributed by atoms with E-state index in [1.54, 1.807) is 11.3 Å². The number of pyridine rings is 1. The van der Waals surface area contributed by atoms with Gasteiger partial charge in [0.05, 0.1) is 25.7 Å². The number of fused-ring (bicyclic) bond motifs is 7. The van der Waals surface area contributed by atoms with Gasteiger partial charge in [-0.15, -0.1) is 22.7 Å². The lowest BCUT2D eigenvalue weighted by Crippen LogP contribution is -1.98. The summed E-state index contributed by atoms with van der Waals surface area (Å²) in [5.41, 5.74) is 4.58. The molecule has 3 heterocycles. The number of aromatic nitrogens is 1. The summed E-state index contributed by atoms with van der Waals surface area (Å²) in [7, 11) is 0. The van der Waals surface area contributed by atoms with Crippen LogP contribution < -0.4 is 0 Å². The number of thiophene rings is 2. The smallest absolute Gasteiger partial charge is 0.197 e. The number of rotatable bonds is 2. The van der Waals surface area contributed by atoms with Gasteiger partial charge in [0, 0.05) is 26.8 Å². The zero-order valence-corrected chi connectivity index (χ0v) is 15.1. The monoisotopic (exact) mass is 349 g/mol. The third kappa shape index (κ3) is 1.70. The highest BCUT2D eigenvalue weighted by Crippen LogP contribution is 2.47. The Kier molecular flexibility index (Phi) is 2.97. The van der Waals surface area contributed by atoms with Gasteiger partial charge in [0.25, 0.3) is 0 Å². The molecule has 4 heteroatoms. The molecule has 0 atom stereocenters. The number of carbonyl (C=O) groups excluding carboxylic acids is 1. The third-order valence-corrected chi connectivity index (χ3v) is 7.37. The number of benzene rings is 1. The molecule has 5 rings (SSSR count). The lowest BCUT2D eigenvalue weighted by molar-refractivity contribution is 0.104. The van der Waals surface area contributed by atoms with Crippen molar-refractivity contribution in [3.05, 3.63) is 52.0 Å². The van der Waals surface area contributed by atoms with Crippen LogP contribution in [0.15, 0.2) is 30.3 Å². The lowest BCUT2D eigenvalue weighted by Gasteiger charge is -2.06. The van der Waals surface area contributed by atoms with Crippen molar-refractivity contribution in [3.8, 4) is 11.3 Å². The average molecular weight is 349 g/mol. The van der Waals surface area contributed by atoms with Crippen molar-refractivity contribution in [1.29, 1.82) is 0 Å². The van der Waals surface area contributed by atoms with E-state index < -0.39 is 0 Å². The summed E-state index contributed by atoms with van der Waals surface area (Å²) in [6, 6.07) is 10.1. The predicted molar refractivity (Wildman–Crippen MR) is 103 cm³/mol. The van der Waals surface area contributed by atoms with E-state index in [0.29, 0.717) is 0 Å². The van der Waals surface area contributed by atoms with Crippen LogP contribution in [-0.4, -0.2) is 10.8 Å². The third-order valence-electron chi connectivity index (χ3n) is 4.78. The molecule has 3 aromatic heterocycles. The first kappa shape index (κ1) is 14.3. The number of hydrogen-bond donors (Lipinski definition) is 0. The summed E-state index contributed by atoms with van der Waals surface area (Å²) in [4.78, 5) is 19.3. The van der Waals surface area contributed by atoms with Gasteiger partial charge >= 0.3 is 0 Å². The van der Waals surface area contributed by atoms with Gasteiger partial charge in [-0.2, -0.15) is 0 Å². The Bertz CT molecular complexity index is 1150. The Balaban J connectivity index is 1.95. The maximum absolute atomic E-state index is 13.0. The van der Waals surface area contributed by atoms with Crippen molar-refractivity contribution in [2.75, 3.05) is 0 Å². The summed E-state index contributed by atoms with van der Waals surface area (Å²) in [5.74, 6) is 0.130. The second-order valence-corrected chi connectivity index (χ2v) is 8.50. The molecule has 0 N–H and O–H groups in total. The molecule has 0 unspecified atom stereocenters. The molecule has 0 saturated heterocycles. The summed E-state index contributed by atoms with van der Waals surface area (Å²) in [5, 5.41) is 2.49. The van der Waals surface area contributed by atoms with E-state index in [0.717, 1.165) is 45.6 Å². The molecular formula is C20H15NOS2. The number of ketones is 1. The summed E-state index contributed by atoms with van der Waals surface area (Å²) < 4.78 is 2.44. The van der Waals surface area contributed by atoms with Crippen LogP contribution in [0.3, 0.4) is 0 Å². The van der Waals surface area contributed by atoms with Crippen molar-refractivity contribution in [2.24, 2.45) is 0 Å². The van der Waals surface area contributed by atoms with Gasteiger partial charge in [-0.25, -0.2) is 0 Å². The van der Waals surface area contributed by atoms with E-state index in [2.05, 4.69) is 19.9 Å². The van der Waals surface area contributed by atoms with Crippen LogP contribution in [0.2, 0.25) is 0 Å². The van der Waals surface area contributed by atoms with Gasteiger partial charge in [0.1, 0.15) is 0 Å². The number of nitrogens with zero attached hydrogens (tertiary/aromatic N) is 1.